The lowest BCUT2D eigenvalue weighted by Gasteiger charge is -2.09. The van der Waals surface area contributed by atoms with E-state index in [1.807, 2.05) is 12.1 Å². The van der Waals surface area contributed by atoms with E-state index < -0.39 is 0 Å². The van der Waals surface area contributed by atoms with Crippen LogP contribution in [0, 0.1) is 12.3 Å². The number of benzene rings is 2. The minimum atomic E-state index is 0.169. The fourth-order valence-electron chi connectivity index (χ4n) is 2.75. The first-order valence-electron chi connectivity index (χ1n) is 8.78. The van der Waals surface area contributed by atoms with Crippen LogP contribution in [0.4, 0.5) is 11.6 Å². The van der Waals surface area contributed by atoms with Gasteiger partial charge in [0.05, 0.1) is 7.11 Å². The number of terminal acetylenes is 1. The summed E-state index contributed by atoms with van der Waals surface area (Å²) in [4.78, 5) is 8.70. The maximum absolute atomic E-state index is 9.48. The number of rotatable bonds is 3. The number of hydrogen-bond acceptors (Lipinski definition) is 6. The van der Waals surface area contributed by atoms with Gasteiger partial charge in [-0.3, -0.25) is 0 Å². The van der Waals surface area contributed by atoms with Crippen molar-refractivity contribution >= 4 is 22.5 Å². The largest absolute Gasteiger partial charge is 0.508 e. The molecule has 0 aliphatic carbocycles. The molecule has 6 nitrogen and oxygen atoms in total. The molecule has 3 aromatic rings. The van der Waals surface area contributed by atoms with Crippen LogP contribution in [-0.2, 0) is 0 Å². The molecule has 2 aromatic carbocycles. The highest BCUT2D eigenvalue weighted by molar-refractivity contribution is 5.86. The molecule has 0 bridgehead atoms. The van der Waals surface area contributed by atoms with Gasteiger partial charge in [-0.05, 0) is 50.2 Å². The Morgan fingerprint density at radius 1 is 1.22 bits per heavy atom. The normalized spacial score (nSPS) is 12.7. The Labute approximate surface area is 158 Å². The number of nitrogens with one attached hydrogen (secondary N) is 2. The summed E-state index contributed by atoms with van der Waals surface area (Å²) in [6.07, 6.45) is 9.88. The van der Waals surface area contributed by atoms with Gasteiger partial charge in [-0.1, -0.05) is 12.0 Å². The van der Waals surface area contributed by atoms with Crippen molar-refractivity contribution in [3.05, 3.63) is 48.2 Å². The summed E-state index contributed by atoms with van der Waals surface area (Å²) in [5, 5.41) is 16.5. The van der Waals surface area contributed by atoms with Crippen molar-refractivity contribution < 1.29 is 9.84 Å². The average Bonchev–Trinajstić information content (AvgIpc) is 3.27. The zero-order valence-electron chi connectivity index (χ0n) is 15.2. The molecule has 0 spiro atoms. The highest BCUT2D eigenvalue weighted by Gasteiger charge is 2.08. The number of anilines is 2. The van der Waals surface area contributed by atoms with Crippen LogP contribution in [0.25, 0.3) is 10.9 Å². The highest BCUT2D eigenvalue weighted by Crippen LogP contribution is 2.27. The molecule has 3 N–H and O–H groups in total. The Morgan fingerprint density at radius 2 is 2.04 bits per heavy atom. The summed E-state index contributed by atoms with van der Waals surface area (Å²) in [7, 11) is 1.57. The third kappa shape index (κ3) is 4.87. The van der Waals surface area contributed by atoms with Crippen molar-refractivity contribution in [2.45, 2.75) is 12.8 Å². The summed E-state index contributed by atoms with van der Waals surface area (Å²) < 4.78 is 5.34. The number of hydrogen-bond donors (Lipinski definition) is 3. The molecule has 1 fully saturated rings. The van der Waals surface area contributed by atoms with E-state index in [0.29, 0.717) is 28.5 Å². The number of fused-ring (bicyclic) bond motifs is 1. The third-order valence-electron chi connectivity index (χ3n) is 4.09. The summed E-state index contributed by atoms with van der Waals surface area (Å²) in [5.41, 5.74) is 2.07. The zero-order chi connectivity index (χ0) is 19.1. The zero-order valence-corrected chi connectivity index (χ0v) is 15.2. The monoisotopic (exact) mass is 362 g/mol. The van der Waals surface area contributed by atoms with Crippen LogP contribution in [-0.4, -0.2) is 35.3 Å². The topological polar surface area (TPSA) is 79.3 Å². The second-order valence-corrected chi connectivity index (χ2v) is 6.09. The lowest BCUT2D eigenvalue weighted by Crippen LogP contribution is -2.03. The second kappa shape index (κ2) is 8.88. The Balaban J connectivity index is 0.000000364. The van der Waals surface area contributed by atoms with Crippen molar-refractivity contribution in [2.24, 2.45) is 0 Å². The van der Waals surface area contributed by atoms with Crippen molar-refractivity contribution in [2.75, 3.05) is 25.5 Å². The van der Waals surface area contributed by atoms with Crippen LogP contribution < -0.4 is 15.4 Å². The first kappa shape index (κ1) is 18.5. The third-order valence-corrected chi connectivity index (χ3v) is 4.09. The molecule has 138 valence electrons. The standard InChI is InChI=1S/C17H13N3O2.C4H9N/c1-3-11-7-12-10-18-17(20-16(12)15(8-11)22-2)19-13-5-4-6-14(21)9-13;1-2-4-5-3-1/h1,4-10,21H,2H3,(H,18,19,20);5H,1-4H2. The SMILES string of the molecule is C#Cc1cc(OC)c2nc(Nc3cccc(O)c3)ncc2c1.C1CCNC1. The molecule has 0 atom stereocenters. The van der Waals surface area contributed by atoms with E-state index in [0.717, 1.165) is 5.39 Å². The molecule has 0 saturated carbocycles. The molecule has 1 aliphatic rings. The Kier molecular flexibility index (Phi) is 6.08. The minimum Gasteiger partial charge on any atom is -0.508 e. The van der Waals surface area contributed by atoms with Crippen LogP contribution in [0.2, 0.25) is 0 Å². The van der Waals surface area contributed by atoms with Gasteiger partial charge < -0.3 is 20.5 Å². The smallest absolute Gasteiger partial charge is 0.227 e. The Hall–Kier alpha value is -3.30. The van der Waals surface area contributed by atoms with E-state index in [1.165, 1.54) is 25.9 Å². The number of methoxy groups -OCH3 is 1. The number of aromatic nitrogens is 2. The number of phenolic OH excluding ortho intramolecular Hbond substituents is 1. The summed E-state index contributed by atoms with van der Waals surface area (Å²) >= 11 is 0. The van der Waals surface area contributed by atoms with E-state index in [4.69, 9.17) is 11.2 Å². The van der Waals surface area contributed by atoms with Gasteiger partial charge in [-0.15, -0.1) is 6.42 Å². The van der Waals surface area contributed by atoms with Gasteiger partial charge in [-0.2, -0.15) is 0 Å². The maximum atomic E-state index is 9.48. The highest BCUT2D eigenvalue weighted by atomic mass is 16.5. The van der Waals surface area contributed by atoms with Gasteiger partial charge in [0.25, 0.3) is 0 Å². The fraction of sp³-hybridized carbons (Fsp3) is 0.238. The van der Waals surface area contributed by atoms with Crippen LogP contribution in [0.3, 0.4) is 0 Å². The van der Waals surface area contributed by atoms with Gasteiger partial charge in [-0.25, -0.2) is 9.97 Å². The summed E-state index contributed by atoms with van der Waals surface area (Å²) in [5.74, 6) is 3.74. The van der Waals surface area contributed by atoms with E-state index >= 15 is 0 Å². The molecule has 0 unspecified atom stereocenters. The maximum Gasteiger partial charge on any atom is 0.227 e. The number of aromatic hydroxyl groups is 1. The molecular formula is C21H22N4O2. The van der Waals surface area contributed by atoms with Crippen molar-refractivity contribution in [3.8, 4) is 23.8 Å². The minimum absolute atomic E-state index is 0.169. The van der Waals surface area contributed by atoms with Crippen LogP contribution >= 0.6 is 0 Å². The molecule has 6 heteroatoms. The van der Waals surface area contributed by atoms with Crippen LogP contribution in [0.1, 0.15) is 18.4 Å². The lowest BCUT2D eigenvalue weighted by atomic mass is 10.1. The van der Waals surface area contributed by atoms with Gasteiger partial charge in [0.2, 0.25) is 5.95 Å². The Bertz CT molecular complexity index is 954. The molecule has 1 aromatic heterocycles. The summed E-state index contributed by atoms with van der Waals surface area (Å²) in [6, 6.07) is 10.3. The lowest BCUT2D eigenvalue weighted by molar-refractivity contribution is 0.419. The van der Waals surface area contributed by atoms with Gasteiger partial charge in [0, 0.05) is 28.9 Å². The molecule has 2 heterocycles. The van der Waals surface area contributed by atoms with Gasteiger partial charge in [0.15, 0.2) is 0 Å². The van der Waals surface area contributed by atoms with Crippen LogP contribution in [0.5, 0.6) is 11.5 Å². The Morgan fingerprint density at radius 3 is 2.67 bits per heavy atom. The first-order valence-corrected chi connectivity index (χ1v) is 8.78. The first-order chi connectivity index (χ1) is 13.2. The predicted octanol–water partition coefficient (Wildman–Crippen LogP) is 3.44. The molecule has 1 saturated heterocycles. The van der Waals surface area contributed by atoms with E-state index in [2.05, 4.69) is 26.5 Å². The average molecular weight is 362 g/mol. The molecule has 1 aliphatic heterocycles. The summed E-state index contributed by atoms with van der Waals surface area (Å²) in [6.45, 7) is 2.50. The molecule has 27 heavy (non-hydrogen) atoms. The molecule has 0 amide bonds. The molecule has 0 radical (unpaired) electrons. The predicted molar refractivity (Wildman–Crippen MR) is 108 cm³/mol. The van der Waals surface area contributed by atoms with Crippen LogP contribution in [0.15, 0.2) is 42.6 Å². The second-order valence-electron chi connectivity index (χ2n) is 6.09. The van der Waals surface area contributed by atoms with E-state index in [9.17, 15) is 5.11 Å². The number of ether oxygens (including phenoxy) is 1. The van der Waals surface area contributed by atoms with E-state index in [-0.39, 0.29) is 5.75 Å². The van der Waals surface area contributed by atoms with Gasteiger partial charge >= 0.3 is 0 Å². The fourth-order valence-corrected chi connectivity index (χ4v) is 2.75. The van der Waals surface area contributed by atoms with Crippen molar-refractivity contribution in [1.29, 1.82) is 0 Å². The quantitative estimate of drug-likeness (QED) is 0.620. The van der Waals surface area contributed by atoms with E-state index in [1.54, 1.807) is 37.6 Å². The van der Waals surface area contributed by atoms with Crippen molar-refractivity contribution in [3.63, 3.8) is 0 Å². The number of phenols is 1. The van der Waals surface area contributed by atoms with Gasteiger partial charge in [0.1, 0.15) is 17.0 Å². The van der Waals surface area contributed by atoms with Crippen molar-refractivity contribution in [1.82, 2.24) is 15.3 Å². The molecular weight excluding hydrogens is 340 g/mol. The number of nitrogens with zero attached hydrogens (tertiary/aromatic N) is 2. The molecule has 4 rings (SSSR count).